The number of aliphatic carboxylic acids is 1. The number of ketones is 2. The van der Waals surface area contributed by atoms with Gasteiger partial charge < -0.3 is 10.0 Å². The van der Waals surface area contributed by atoms with E-state index >= 15 is 4.39 Å². The Bertz CT molecular complexity index is 2110. The number of aromatic nitrogens is 2. The average Bonchev–Trinajstić information content (AvgIpc) is 3.60. The van der Waals surface area contributed by atoms with E-state index in [2.05, 4.69) is 30.7 Å². The van der Waals surface area contributed by atoms with Crippen molar-refractivity contribution in [2.75, 3.05) is 13.1 Å². The van der Waals surface area contributed by atoms with Crippen LogP contribution in [-0.2, 0) is 21.4 Å². The average molecular weight is 704 g/mol. The summed E-state index contributed by atoms with van der Waals surface area (Å²) < 4.78 is 15.3. The van der Waals surface area contributed by atoms with E-state index in [0.717, 1.165) is 21.6 Å². The molecule has 3 aromatic carbocycles. The lowest BCUT2D eigenvalue weighted by Crippen LogP contribution is -2.55. The molecular weight excluding hydrogens is 666 g/mol. The summed E-state index contributed by atoms with van der Waals surface area (Å²) in [5.74, 6) is -2.54. The molecule has 0 radical (unpaired) electrons. The number of benzene rings is 3. The second kappa shape index (κ2) is 14.5. The molecule has 0 unspecified atom stereocenters. The molecule has 1 saturated heterocycles. The van der Waals surface area contributed by atoms with Gasteiger partial charge in [0.1, 0.15) is 5.82 Å². The zero-order valence-electron chi connectivity index (χ0n) is 28.9. The molecule has 1 aliphatic rings. The van der Waals surface area contributed by atoms with Crippen molar-refractivity contribution in [3.8, 4) is 33.6 Å². The van der Waals surface area contributed by atoms with Crippen LogP contribution in [0.3, 0.4) is 0 Å². The van der Waals surface area contributed by atoms with Crippen molar-refractivity contribution in [1.29, 1.82) is 0 Å². The molecule has 1 fully saturated rings. The molecule has 10 heteroatoms. The molecule has 51 heavy (non-hydrogen) atoms. The minimum absolute atomic E-state index is 0.0197. The van der Waals surface area contributed by atoms with Gasteiger partial charge in [0, 0.05) is 65.0 Å². The number of rotatable bonds is 11. The van der Waals surface area contributed by atoms with Crippen LogP contribution >= 0.6 is 11.3 Å². The number of hydrogen-bond acceptors (Lipinski definition) is 7. The summed E-state index contributed by atoms with van der Waals surface area (Å²) in [6.07, 6.45) is 3.47. The summed E-state index contributed by atoms with van der Waals surface area (Å²) in [5.41, 5.74) is 4.29. The number of thiophene rings is 1. The maximum absolute atomic E-state index is 15.3. The highest BCUT2D eigenvalue weighted by Crippen LogP contribution is 2.32. The fourth-order valence-electron chi connectivity index (χ4n) is 6.07. The van der Waals surface area contributed by atoms with Crippen LogP contribution < -0.4 is 0 Å². The highest BCUT2D eigenvalue weighted by atomic mass is 32.1. The van der Waals surface area contributed by atoms with Gasteiger partial charge in [-0.3, -0.25) is 19.2 Å². The molecule has 3 heterocycles. The van der Waals surface area contributed by atoms with E-state index in [1.54, 1.807) is 42.7 Å². The first-order valence-electron chi connectivity index (χ1n) is 16.7. The van der Waals surface area contributed by atoms with Crippen molar-refractivity contribution in [2.24, 2.45) is 11.8 Å². The highest BCUT2D eigenvalue weighted by Gasteiger charge is 2.39. The number of carboxylic acids is 1. The lowest BCUT2D eigenvalue weighted by atomic mass is 9.89. The number of Topliss-reactive ketones (excluding diaryl/α,β-unsaturated/α-hetero) is 2. The number of amides is 1. The molecule has 0 spiro atoms. The number of hydrogen-bond donors (Lipinski definition) is 1. The zero-order chi connectivity index (χ0) is 36.4. The number of likely N-dealkylation sites (tertiary alicyclic amines) is 1. The zero-order valence-corrected chi connectivity index (χ0v) is 29.7. The maximum Gasteiger partial charge on any atom is 0.310 e. The third kappa shape index (κ3) is 8.02. The number of carboxylic acid groups (broad SMARTS) is 1. The van der Waals surface area contributed by atoms with Crippen molar-refractivity contribution in [2.45, 2.75) is 46.0 Å². The van der Waals surface area contributed by atoms with Crippen molar-refractivity contribution in [3.05, 3.63) is 118 Å². The predicted molar refractivity (Wildman–Crippen MR) is 195 cm³/mol. The van der Waals surface area contributed by atoms with Gasteiger partial charge in [-0.25, -0.2) is 14.4 Å². The van der Waals surface area contributed by atoms with Crippen LogP contribution in [0.1, 0.15) is 64.6 Å². The summed E-state index contributed by atoms with van der Waals surface area (Å²) >= 11 is 1.44. The van der Waals surface area contributed by atoms with E-state index in [-0.39, 0.29) is 42.4 Å². The van der Waals surface area contributed by atoms with Crippen molar-refractivity contribution >= 4 is 34.8 Å². The molecule has 1 atom stereocenters. The van der Waals surface area contributed by atoms with E-state index in [0.29, 0.717) is 39.4 Å². The van der Waals surface area contributed by atoms with Gasteiger partial charge in [0.15, 0.2) is 17.4 Å². The molecule has 0 saturated carbocycles. The number of nitrogens with zero attached hydrogens (tertiary/aromatic N) is 3. The number of carbonyl (C=O) groups excluding carboxylic acids is 3. The van der Waals surface area contributed by atoms with Crippen molar-refractivity contribution in [1.82, 2.24) is 14.9 Å². The van der Waals surface area contributed by atoms with Gasteiger partial charge in [-0.2, -0.15) is 0 Å². The third-order valence-electron chi connectivity index (χ3n) is 9.17. The Morgan fingerprint density at radius 3 is 2.16 bits per heavy atom. The van der Waals surface area contributed by atoms with Gasteiger partial charge in [-0.1, -0.05) is 75.4 Å². The first kappa shape index (κ1) is 35.5. The first-order valence-corrected chi connectivity index (χ1v) is 17.6. The van der Waals surface area contributed by atoms with Gasteiger partial charge in [0.2, 0.25) is 5.91 Å². The lowest BCUT2D eigenvalue weighted by Gasteiger charge is -2.38. The molecule has 2 aromatic heterocycles. The Morgan fingerprint density at radius 1 is 0.882 bits per heavy atom. The van der Waals surface area contributed by atoms with Gasteiger partial charge in [-0.15, -0.1) is 11.3 Å². The summed E-state index contributed by atoms with van der Waals surface area (Å²) in [7, 11) is 0. The van der Waals surface area contributed by atoms with Crippen LogP contribution in [0.4, 0.5) is 4.39 Å². The highest BCUT2D eigenvalue weighted by molar-refractivity contribution is 7.14. The van der Waals surface area contributed by atoms with Gasteiger partial charge in [0.25, 0.3) is 0 Å². The van der Waals surface area contributed by atoms with Gasteiger partial charge in [0.05, 0.1) is 10.8 Å². The quantitative estimate of drug-likeness (QED) is 0.138. The number of halogens is 1. The van der Waals surface area contributed by atoms with Crippen molar-refractivity contribution < 1.29 is 28.7 Å². The van der Waals surface area contributed by atoms with Gasteiger partial charge in [-0.05, 0) is 59.7 Å². The summed E-state index contributed by atoms with van der Waals surface area (Å²) in [4.78, 5) is 62.3. The van der Waals surface area contributed by atoms with E-state index in [1.807, 2.05) is 42.5 Å². The molecule has 5 aromatic rings. The monoisotopic (exact) mass is 703 g/mol. The van der Waals surface area contributed by atoms with Crippen LogP contribution in [0.5, 0.6) is 0 Å². The normalized spacial score (nSPS) is 13.8. The fourth-order valence-corrected chi connectivity index (χ4v) is 7.08. The SMILES string of the molecule is CC(=O)c1cccc(-c2ccc(-c3cnc(-c4ccc(C[C@H](CC(=O)c5ccc(C(C)(C)C)s5)C(=O)N5CC(C(=O)O)C5)cc4)nc3)c(F)c2)c1. The number of carbonyl (C=O) groups is 4. The standard InChI is InChI=1S/C41H38FN3O5S/c1-24(46)27-6-5-7-28(17-27)29-12-13-33(34(42)18-29)31-20-43-38(44-21-31)26-10-8-25(9-11-26)16-30(39(48)45-22-32(23-45)40(49)50)19-35(47)36-14-15-37(51-36)41(2,3)4/h5-15,17-18,20-21,30,32H,16,19,22-23H2,1-4H3,(H,49,50)/t30-/m1/s1. The maximum atomic E-state index is 15.3. The largest absolute Gasteiger partial charge is 0.481 e. The smallest absolute Gasteiger partial charge is 0.310 e. The predicted octanol–water partition coefficient (Wildman–Crippen LogP) is 8.15. The van der Waals surface area contributed by atoms with Crippen LogP contribution in [-0.4, -0.2) is 56.5 Å². The minimum atomic E-state index is -0.929. The molecule has 8 nitrogen and oxygen atoms in total. The molecule has 0 aliphatic carbocycles. The Hall–Kier alpha value is -5.35. The van der Waals surface area contributed by atoms with Gasteiger partial charge >= 0.3 is 5.97 Å². The Balaban J connectivity index is 1.16. The lowest BCUT2D eigenvalue weighted by molar-refractivity contribution is -0.154. The third-order valence-corrected chi connectivity index (χ3v) is 10.7. The summed E-state index contributed by atoms with van der Waals surface area (Å²) in [6, 6.07) is 23.2. The Labute approximate surface area is 300 Å². The molecule has 1 amide bonds. The molecule has 1 aliphatic heterocycles. The fraction of sp³-hybridized carbons (Fsp3) is 0.268. The van der Waals surface area contributed by atoms with E-state index in [9.17, 15) is 24.3 Å². The van der Waals surface area contributed by atoms with Crippen LogP contribution in [0, 0.1) is 17.7 Å². The summed E-state index contributed by atoms with van der Waals surface area (Å²) in [5, 5.41) is 9.32. The topological polar surface area (TPSA) is 118 Å². The second-order valence-electron chi connectivity index (χ2n) is 14.0. The Morgan fingerprint density at radius 2 is 1.55 bits per heavy atom. The van der Waals surface area contributed by atoms with E-state index in [1.165, 1.54) is 29.2 Å². The summed E-state index contributed by atoms with van der Waals surface area (Å²) in [6.45, 7) is 8.03. The minimum Gasteiger partial charge on any atom is -0.481 e. The molecule has 1 N–H and O–H groups in total. The molecule has 0 bridgehead atoms. The molecular formula is C41H38FN3O5S. The van der Waals surface area contributed by atoms with Crippen molar-refractivity contribution in [3.63, 3.8) is 0 Å². The van der Waals surface area contributed by atoms with Crippen LogP contribution in [0.25, 0.3) is 33.6 Å². The van der Waals surface area contributed by atoms with Crippen LogP contribution in [0.15, 0.2) is 91.3 Å². The van der Waals surface area contributed by atoms with E-state index < -0.39 is 23.6 Å². The van der Waals surface area contributed by atoms with E-state index in [4.69, 9.17) is 0 Å². The molecule has 260 valence electrons. The first-order chi connectivity index (χ1) is 24.3. The second-order valence-corrected chi connectivity index (χ2v) is 15.1. The Kier molecular flexibility index (Phi) is 10.1. The van der Waals surface area contributed by atoms with Crippen LogP contribution in [0.2, 0.25) is 0 Å². The molecule has 6 rings (SSSR count).